The quantitative estimate of drug-likeness (QED) is 0.174. The third-order valence-electron chi connectivity index (χ3n) is 6.64. The number of hydrogen-bond acceptors (Lipinski definition) is 7. The molecule has 3 aromatic heterocycles. The molecular weight excluding hydrogens is 567 g/mol. The van der Waals surface area contributed by atoms with Gasteiger partial charge >= 0.3 is 5.97 Å². The van der Waals surface area contributed by atoms with Crippen molar-refractivity contribution in [1.82, 2.24) is 24.3 Å². The number of rotatable bonds is 9. The van der Waals surface area contributed by atoms with Gasteiger partial charge in [-0.05, 0) is 91.2 Å². The fraction of sp³-hybridized carbons (Fsp3) is 0.167. The van der Waals surface area contributed by atoms with Crippen LogP contribution in [-0.4, -0.2) is 50.9 Å². The largest absolute Gasteiger partial charge is 0.468 e. The van der Waals surface area contributed by atoms with Gasteiger partial charge in [-0.25, -0.2) is 19.3 Å². The van der Waals surface area contributed by atoms with Gasteiger partial charge in [0.1, 0.15) is 11.5 Å². The number of carbonyl (C=O) groups is 1. The van der Waals surface area contributed by atoms with Crippen molar-refractivity contribution in [3.05, 3.63) is 102 Å². The molecule has 0 amide bonds. The van der Waals surface area contributed by atoms with Crippen molar-refractivity contribution in [2.45, 2.75) is 19.5 Å². The van der Waals surface area contributed by atoms with Crippen LogP contribution in [0.15, 0.2) is 85.2 Å². The van der Waals surface area contributed by atoms with E-state index in [-0.39, 0.29) is 24.4 Å². The van der Waals surface area contributed by atoms with Gasteiger partial charge in [-0.2, -0.15) is 0 Å². The van der Waals surface area contributed by atoms with Crippen LogP contribution >= 0.6 is 0 Å². The fourth-order valence-corrected chi connectivity index (χ4v) is 4.54. The lowest BCUT2D eigenvalue weighted by Gasteiger charge is -2.15. The third-order valence-corrected chi connectivity index (χ3v) is 6.64. The highest BCUT2D eigenvalue weighted by atomic mass is 19.1. The maximum Gasteiger partial charge on any atom is 0.319 e. The minimum absolute atomic E-state index is 0.00439. The molecule has 0 saturated heterocycles. The minimum Gasteiger partial charge on any atom is -0.468 e. The molecule has 9 heteroatoms. The van der Waals surface area contributed by atoms with Crippen molar-refractivity contribution in [2.24, 2.45) is 0 Å². The van der Waals surface area contributed by atoms with Crippen LogP contribution in [0.25, 0.3) is 28.3 Å². The first-order valence-corrected chi connectivity index (χ1v) is 13.9. The Bertz CT molecular complexity index is 1890. The lowest BCUT2D eigenvalue weighted by Crippen LogP contribution is -2.26. The number of halogens is 1. The van der Waals surface area contributed by atoms with Crippen LogP contribution in [0.3, 0.4) is 0 Å². The van der Waals surface area contributed by atoms with Gasteiger partial charge in [0.2, 0.25) is 5.95 Å². The minimum atomic E-state index is -0.316. The molecule has 0 saturated carbocycles. The van der Waals surface area contributed by atoms with Crippen LogP contribution in [0.4, 0.5) is 10.3 Å². The number of nitrogens with zero attached hydrogens (tertiary/aromatic N) is 5. The Kier molecular flexibility index (Phi) is 11.0. The summed E-state index contributed by atoms with van der Waals surface area (Å²) >= 11 is 0. The molecule has 0 fully saturated rings. The molecule has 2 aromatic carbocycles. The molecule has 1 atom stereocenters. The Hall–Kier alpha value is -5.95. The van der Waals surface area contributed by atoms with Crippen molar-refractivity contribution in [3.63, 3.8) is 0 Å². The normalized spacial score (nSPS) is 10.8. The van der Waals surface area contributed by atoms with E-state index in [0.29, 0.717) is 29.5 Å². The summed E-state index contributed by atoms with van der Waals surface area (Å²) in [5.41, 5.74) is 5.70. The van der Waals surface area contributed by atoms with Crippen molar-refractivity contribution in [3.8, 4) is 59.2 Å². The van der Waals surface area contributed by atoms with Gasteiger partial charge in [0.05, 0.1) is 36.8 Å². The number of pyridine rings is 1. The Morgan fingerprint density at radius 2 is 1.76 bits per heavy atom. The second kappa shape index (κ2) is 15.5. The van der Waals surface area contributed by atoms with E-state index < -0.39 is 0 Å². The summed E-state index contributed by atoms with van der Waals surface area (Å²) in [6, 6.07) is 22.2. The first kappa shape index (κ1) is 32.0. The predicted octanol–water partition coefficient (Wildman–Crippen LogP) is 5.63. The van der Waals surface area contributed by atoms with E-state index >= 15 is 0 Å². The summed E-state index contributed by atoms with van der Waals surface area (Å²) in [6.07, 6.45) is 13.0. The van der Waals surface area contributed by atoms with E-state index in [1.807, 2.05) is 58.9 Å². The Balaban J connectivity index is 0.000000700. The fourth-order valence-electron chi connectivity index (χ4n) is 4.54. The first-order valence-electron chi connectivity index (χ1n) is 13.9. The van der Waals surface area contributed by atoms with Gasteiger partial charge in [0.15, 0.2) is 0 Å². The zero-order chi connectivity index (χ0) is 32.2. The molecule has 3 heterocycles. The van der Waals surface area contributed by atoms with Gasteiger partial charge in [0, 0.05) is 24.5 Å². The summed E-state index contributed by atoms with van der Waals surface area (Å²) in [4.78, 5) is 27.7. The summed E-state index contributed by atoms with van der Waals surface area (Å²) in [7, 11) is 3.23. The average Bonchev–Trinajstić information content (AvgIpc) is 3.43. The summed E-state index contributed by atoms with van der Waals surface area (Å²) < 4.78 is 20.5. The summed E-state index contributed by atoms with van der Waals surface area (Å²) in [6.45, 7) is 2.78. The number of likely N-dealkylation sites (N-methyl/N-ethyl adjacent to an activating group) is 1. The van der Waals surface area contributed by atoms with Crippen LogP contribution in [0.1, 0.15) is 24.1 Å². The molecule has 224 valence electrons. The van der Waals surface area contributed by atoms with E-state index in [0.717, 1.165) is 22.4 Å². The zero-order valence-electron chi connectivity index (χ0n) is 25.2. The van der Waals surface area contributed by atoms with Gasteiger partial charge in [0.25, 0.3) is 0 Å². The number of ether oxygens (including phenoxy) is 1. The van der Waals surface area contributed by atoms with E-state index in [1.165, 1.54) is 19.2 Å². The number of methoxy groups -OCH3 is 1. The van der Waals surface area contributed by atoms with Crippen LogP contribution in [-0.2, 0) is 16.1 Å². The number of anilines is 1. The zero-order valence-corrected chi connectivity index (χ0v) is 25.2. The van der Waals surface area contributed by atoms with Crippen LogP contribution in [0.2, 0.25) is 0 Å². The molecule has 0 spiro atoms. The van der Waals surface area contributed by atoms with Crippen LogP contribution in [0.5, 0.6) is 0 Å². The van der Waals surface area contributed by atoms with Crippen LogP contribution < -0.4 is 5.32 Å². The monoisotopic (exact) mass is 598 g/mol. The Labute approximate surface area is 262 Å². The van der Waals surface area contributed by atoms with E-state index in [4.69, 9.17) is 27.6 Å². The lowest BCUT2D eigenvalue weighted by atomic mass is 10.1. The van der Waals surface area contributed by atoms with E-state index in [9.17, 15) is 9.18 Å². The van der Waals surface area contributed by atoms with Crippen LogP contribution in [0, 0.1) is 42.3 Å². The highest BCUT2D eigenvalue weighted by Crippen LogP contribution is 2.33. The molecular formula is C36H31FN6O2. The Morgan fingerprint density at radius 1 is 1.04 bits per heavy atom. The number of fused-ring (bicyclic) bond motifs is 1. The number of terminal acetylenes is 2. The standard InChI is InChI=1S/C30H29FN6O2.C6H2/c1-20(22-7-5-4-6-8-22)33-30-32-15-13-25(34-30)29-28(23-9-11-24(31)12-10-23)35-26-17-21(14-16-37(26)29)18-36(2)19-27(38)39-3;1-3-5-6-4-2/h4-17,20H,18-19H2,1-3H3,(H,32,33,34);1-2H/t20-;/m0./s1. The molecule has 1 N–H and O–H groups in total. The molecule has 0 aliphatic rings. The second-order valence-electron chi connectivity index (χ2n) is 9.91. The maximum absolute atomic E-state index is 13.7. The van der Waals surface area contributed by atoms with Crippen molar-refractivity contribution in [2.75, 3.05) is 26.0 Å². The van der Waals surface area contributed by atoms with Gasteiger partial charge in [-0.1, -0.05) is 30.3 Å². The number of hydrogen-bond donors (Lipinski definition) is 1. The second-order valence-corrected chi connectivity index (χ2v) is 9.91. The average molecular weight is 599 g/mol. The molecule has 0 aliphatic heterocycles. The molecule has 0 radical (unpaired) electrons. The van der Waals surface area contributed by atoms with Crippen molar-refractivity contribution in [1.29, 1.82) is 0 Å². The predicted molar refractivity (Wildman–Crippen MR) is 174 cm³/mol. The topological polar surface area (TPSA) is 84.7 Å². The summed E-state index contributed by atoms with van der Waals surface area (Å²) in [5, 5.41) is 3.38. The van der Waals surface area contributed by atoms with Crippen molar-refractivity contribution >= 4 is 17.6 Å². The third kappa shape index (κ3) is 8.55. The summed E-state index contributed by atoms with van der Waals surface area (Å²) in [5.74, 6) is 8.49. The molecule has 45 heavy (non-hydrogen) atoms. The number of aromatic nitrogens is 4. The molecule has 5 rings (SSSR count). The molecule has 0 aliphatic carbocycles. The van der Waals surface area contributed by atoms with Gasteiger partial charge in [-0.15, -0.1) is 12.8 Å². The number of esters is 1. The smallest absolute Gasteiger partial charge is 0.319 e. The molecule has 0 unspecified atom stereocenters. The number of nitrogens with one attached hydrogen (secondary N) is 1. The maximum atomic E-state index is 13.7. The molecule has 8 nitrogen and oxygen atoms in total. The van der Waals surface area contributed by atoms with E-state index in [2.05, 4.69) is 53.0 Å². The molecule has 0 bridgehead atoms. The van der Waals surface area contributed by atoms with Crippen molar-refractivity contribution < 1.29 is 13.9 Å². The SMILES string of the molecule is C#CC#CC#C.COC(=O)CN(C)Cc1ccn2c(-c3ccnc(N[C@@H](C)c4ccccc4)n3)c(-c3ccc(F)cc3)nc2c1. The first-order chi connectivity index (χ1) is 21.8. The van der Waals surface area contributed by atoms with E-state index in [1.54, 1.807) is 18.3 Å². The Morgan fingerprint density at radius 3 is 2.42 bits per heavy atom. The van der Waals surface area contributed by atoms with Gasteiger partial charge in [-0.3, -0.25) is 14.1 Å². The highest BCUT2D eigenvalue weighted by molar-refractivity contribution is 5.81. The lowest BCUT2D eigenvalue weighted by molar-refractivity contribution is -0.141. The number of benzene rings is 2. The highest BCUT2D eigenvalue weighted by Gasteiger charge is 2.19. The number of carbonyl (C=O) groups excluding carboxylic acids is 1. The number of imidazole rings is 1. The molecule has 5 aromatic rings. The van der Waals surface area contributed by atoms with Gasteiger partial charge < -0.3 is 10.1 Å².